The van der Waals surface area contributed by atoms with Gasteiger partial charge in [-0.25, -0.2) is 14.4 Å². The number of aromatic nitrogens is 2. The molecule has 0 aliphatic heterocycles. The summed E-state index contributed by atoms with van der Waals surface area (Å²) < 4.78 is 14.0. The summed E-state index contributed by atoms with van der Waals surface area (Å²) in [4.78, 5) is 8.44. The minimum atomic E-state index is -0.544. The lowest BCUT2D eigenvalue weighted by Crippen LogP contribution is -1.99. The van der Waals surface area contributed by atoms with E-state index >= 15 is 0 Å². The fraction of sp³-hybridized carbons (Fsp3) is 0.286. The molecule has 0 fully saturated rings. The van der Waals surface area contributed by atoms with Crippen LogP contribution < -0.4 is 0 Å². The monoisotopic (exact) mass is 280 g/mol. The van der Waals surface area contributed by atoms with Crippen LogP contribution >= 0.6 is 11.6 Å². The van der Waals surface area contributed by atoms with Gasteiger partial charge in [0.05, 0.1) is 10.7 Å². The van der Waals surface area contributed by atoms with E-state index in [1.165, 1.54) is 6.07 Å². The number of benzene rings is 1. The van der Waals surface area contributed by atoms with Crippen LogP contribution in [0.1, 0.15) is 24.7 Å². The molecule has 1 heterocycles. The van der Waals surface area contributed by atoms with Crippen LogP contribution in [0.15, 0.2) is 18.3 Å². The topological polar surface area (TPSA) is 46.0 Å². The minimum absolute atomic E-state index is 0.107. The van der Waals surface area contributed by atoms with Crippen LogP contribution in [0.25, 0.3) is 11.3 Å². The van der Waals surface area contributed by atoms with Crippen LogP contribution in [0.4, 0.5) is 4.39 Å². The summed E-state index contributed by atoms with van der Waals surface area (Å²) in [6.07, 6.45) is 3.38. The number of phenolic OH excluding ortho intramolecular Hbond substituents is 1. The number of aryl methyl sites for hydroxylation is 2. The number of nitrogens with zero attached hydrogens (tertiary/aromatic N) is 2. The maximum absolute atomic E-state index is 14.0. The SMILES string of the molecule is CCCc1cnc(C)nc1-c1cc(Cl)c(O)cc1F. The van der Waals surface area contributed by atoms with E-state index in [1.54, 1.807) is 13.1 Å². The van der Waals surface area contributed by atoms with E-state index in [4.69, 9.17) is 11.6 Å². The van der Waals surface area contributed by atoms with Gasteiger partial charge < -0.3 is 5.11 Å². The summed E-state index contributed by atoms with van der Waals surface area (Å²) in [6, 6.07) is 2.40. The number of hydrogen-bond acceptors (Lipinski definition) is 3. The molecule has 0 bridgehead atoms. The Morgan fingerprint density at radius 2 is 2.11 bits per heavy atom. The Morgan fingerprint density at radius 1 is 1.37 bits per heavy atom. The molecule has 100 valence electrons. The lowest BCUT2D eigenvalue weighted by atomic mass is 10.0. The van der Waals surface area contributed by atoms with E-state index in [2.05, 4.69) is 9.97 Å². The van der Waals surface area contributed by atoms with Crippen molar-refractivity contribution in [3.8, 4) is 17.0 Å². The predicted octanol–water partition coefficient (Wildman–Crippen LogP) is 3.90. The van der Waals surface area contributed by atoms with Crippen molar-refractivity contribution in [2.75, 3.05) is 0 Å². The summed E-state index contributed by atoms with van der Waals surface area (Å²) >= 11 is 5.84. The van der Waals surface area contributed by atoms with Crippen molar-refractivity contribution in [2.24, 2.45) is 0 Å². The maximum atomic E-state index is 14.0. The Kier molecular flexibility index (Phi) is 4.00. The van der Waals surface area contributed by atoms with E-state index < -0.39 is 5.82 Å². The molecule has 1 N–H and O–H groups in total. The Balaban J connectivity index is 2.63. The van der Waals surface area contributed by atoms with Gasteiger partial charge in [0.15, 0.2) is 0 Å². The molecule has 2 rings (SSSR count). The molecule has 0 unspecified atom stereocenters. The van der Waals surface area contributed by atoms with Gasteiger partial charge in [0.25, 0.3) is 0 Å². The molecule has 5 heteroatoms. The van der Waals surface area contributed by atoms with Gasteiger partial charge in [-0.15, -0.1) is 0 Å². The molecular weight excluding hydrogens is 267 g/mol. The molecule has 0 atom stereocenters. The first-order valence-electron chi connectivity index (χ1n) is 6.03. The fourth-order valence-corrected chi connectivity index (χ4v) is 2.06. The molecule has 0 saturated carbocycles. The number of aromatic hydroxyl groups is 1. The highest BCUT2D eigenvalue weighted by Crippen LogP contribution is 2.33. The van der Waals surface area contributed by atoms with E-state index in [0.29, 0.717) is 11.5 Å². The Morgan fingerprint density at radius 3 is 2.79 bits per heavy atom. The van der Waals surface area contributed by atoms with Crippen molar-refractivity contribution in [2.45, 2.75) is 26.7 Å². The van der Waals surface area contributed by atoms with Gasteiger partial charge in [-0.1, -0.05) is 24.9 Å². The molecule has 0 saturated heterocycles. The average molecular weight is 281 g/mol. The highest BCUT2D eigenvalue weighted by molar-refractivity contribution is 6.32. The number of rotatable bonds is 3. The predicted molar refractivity (Wildman–Crippen MR) is 72.8 cm³/mol. The lowest BCUT2D eigenvalue weighted by molar-refractivity contribution is 0.469. The third kappa shape index (κ3) is 2.84. The third-order valence-electron chi connectivity index (χ3n) is 2.80. The van der Waals surface area contributed by atoms with Crippen LogP contribution in [0.5, 0.6) is 5.75 Å². The van der Waals surface area contributed by atoms with Crippen molar-refractivity contribution in [1.29, 1.82) is 0 Å². The fourth-order valence-electron chi connectivity index (χ4n) is 1.90. The van der Waals surface area contributed by atoms with Gasteiger partial charge in [0.2, 0.25) is 0 Å². The molecule has 2 aromatic rings. The highest BCUT2D eigenvalue weighted by Gasteiger charge is 2.15. The Bertz CT molecular complexity index is 617. The van der Waals surface area contributed by atoms with Gasteiger partial charge in [-0.3, -0.25) is 0 Å². The van der Waals surface area contributed by atoms with Crippen LogP contribution in [-0.2, 0) is 6.42 Å². The molecule has 0 aliphatic rings. The second-order valence-electron chi connectivity index (χ2n) is 4.32. The zero-order valence-electron chi connectivity index (χ0n) is 10.7. The largest absolute Gasteiger partial charge is 0.506 e. The second-order valence-corrected chi connectivity index (χ2v) is 4.73. The zero-order valence-corrected chi connectivity index (χ0v) is 11.5. The van der Waals surface area contributed by atoms with Gasteiger partial charge in [0, 0.05) is 17.8 Å². The number of hydrogen-bond donors (Lipinski definition) is 1. The molecule has 0 amide bonds. The van der Waals surface area contributed by atoms with Crippen LogP contribution in [0.2, 0.25) is 5.02 Å². The molecular formula is C14H14ClFN2O. The maximum Gasteiger partial charge on any atom is 0.137 e. The van der Waals surface area contributed by atoms with E-state index in [0.717, 1.165) is 24.5 Å². The molecule has 0 radical (unpaired) electrons. The van der Waals surface area contributed by atoms with Gasteiger partial charge >= 0.3 is 0 Å². The van der Waals surface area contributed by atoms with Crippen molar-refractivity contribution >= 4 is 11.6 Å². The smallest absolute Gasteiger partial charge is 0.137 e. The second kappa shape index (κ2) is 5.53. The third-order valence-corrected chi connectivity index (χ3v) is 3.10. The molecule has 0 spiro atoms. The van der Waals surface area contributed by atoms with E-state index in [9.17, 15) is 9.50 Å². The van der Waals surface area contributed by atoms with Crippen molar-refractivity contribution in [3.63, 3.8) is 0 Å². The molecule has 1 aromatic carbocycles. The highest BCUT2D eigenvalue weighted by atomic mass is 35.5. The summed E-state index contributed by atoms with van der Waals surface area (Å²) in [5.41, 5.74) is 1.69. The summed E-state index contributed by atoms with van der Waals surface area (Å²) in [7, 11) is 0. The average Bonchev–Trinajstić information content (AvgIpc) is 2.36. The van der Waals surface area contributed by atoms with Crippen LogP contribution in [0.3, 0.4) is 0 Å². The van der Waals surface area contributed by atoms with Gasteiger partial charge in [-0.05, 0) is 25.0 Å². The molecule has 0 aliphatic carbocycles. The number of halogens is 2. The van der Waals surface area contributed by atoms with Crippen molar-refractivity contribution in [3.05, 3.63) is 40.6 Å². The lowest BCUT2D eigenvalue weighted by Gasteiger charge is -2.10. The summed E-state index contributed by atoms with van der Waals surface area (Å²) in [5, 5.41) is 9.50. The van der Waals surface area contributed by atoms with Crippen molar-refractivity contribution < 1.29 is 9.50 Å². The molecule has 19 heavy (non-hydrogen) atoms. The first kappa shape index (κ1) is 13.7. The molecule has 3 nitrogen and oxygen atoms in total. The van der Waals surface area contributed by atoms with Crippen LogP contribution in [-0.4, -0.2) is 15.1 Å². The Labute approximate surface area is 116 Å². The molecule has 1 aromatic heterocycles. The van der Waals surface area contributed by atoms with E-state index in [1.807, 2.05) is 6.92 Å². The van der Waals surface area contributed by atoms with Gasteiger partial charge in [-0.2, -0.15) is 0 Å². The zero-order chi connectivity index (χ0) is 14.0. The van der Waals surface area contributed by atoms with Crippen LogP contribution in [0, 0.1) is 12.7 Å². The Hall–Kier alpha value is -1.68. The minimum Gasteiger partial charge on any atom is -0.506 e. The van der Waals surface area contributed by atoms with Gasteiger partial charge in [0.1, 0.15) is 17.4 Å². The number of phenols is 1. The standard InChI is InChI=1S/C14H14ClFN2O/c1-3-4-9-7-17-8(2)18-14(9)10-5-11(15)13(19)6-12(10)16/h5-7,19H,3-4H2,1-2H3. The van der Waals surface area contributed by atoms with E-state index in [-0.39, 0.29) is 16.3 Å². The normalized spacial score (nSPS) is 10.7. The first-order chi connectivity index (χ1) is 9.02. The summed E-state index contributed by atoms with van der Waals surface area (Å²) in [5.74, 6) is -0.249. The summed E-state index contributed by atoms with van der Waals surface area (Å²) in [6.45, 7) is 3.78. The first-order valence-corrected chi connectivity index (χ1v) is 6.41. The van der Waals surface area contributed by atoms with Crippen molar-refractivity contribution in [1.82, 2.24) is 9.97 Å². The quantitative estimate of drug-likeness (QED) is 0.927.